The largest absolute Gasteiger partial charge is 0.544 e. The highest BCUT2D eigenvalue weighted by Crippen LogP contribution is 2.34. The standard InChI is InChI=1S/C12H16N6O6/c19-7(20)1-13-3-15-9-10-17(11(15)23)5-14(2-8(21)22)6-18(10)12(24)16(9)4-13/h9-10H,1-6H2,(H,19,20)(H,21,22). The molecule has 0 aromatic heterocycles. The van der Waals surface area contributed by atoms with Crippen molar-refractivity contribution in [1.82, 2.24) is 19.6 Å². The lowest BCUT2D eigenvalue weighted by Gasteiger charge is -2.39. The molecule has 12 heteroatoms. The number of carbonyl (C=O) groups excluding carboxylic acids is 4. The fourth-order valence-corrected chi connectivity index (χ4v) is 4.10. The summed E-state index contributed by atoms with van der Waals surface area (Å²) in [5.74, 6) is -2.49. The Morgan fingerprint density at radius 1 is 0.792 bits per heavy atom. The summed E-state index contributed by atoms with van der Waals surface area (Å²) < 4.78 is 0. The molecule has 4 aliphatic heterocycles. The van der Waals surface area contributed by atoms with Crippen molar-refractivity contribution in [1.29, 1.82) is 0 Å². The van der Waals surface area contributed by atoms with Crippen LogP contribution in [-0.4, -0.2) is 95.7 Å². The van der Waals surface area contributed by atoms with Gasteiger partial charge in [-0.3, -0.25) is 29.4 Å². The summed E-state index contributed by atoms with van der Waals surface area (Å²) in [7, 11) is 0. The van der Waals surface area contributed by atoms with Crippen molar-refractivity contribution in [2.75, 3.05) is 39.8 Å². The van der Waals surface area contributed by atoms with Crippen molar-refractivity contribution in [2.45, 2.75) is 12.3 Å². The lowest BCUT2D eigenvalue weighted by molar-refractivity contribution is -0.921. The van der Waals surface area contributed by atoms with Gasteiger partial charge in [0.25, 0.3) is 0 Å². The smallest absolute Gasteiger partial charge is 0.332 e. The van der Waals surface area contributed by atoms with Gasteiger partial charge in [-0.2, -0.15) is 0 Å². The second-order valence-corrected chi connectivity index (χ2v) is 6.50. The number of carbonyl (C=O) groups is 4. The number of urea groups is 2. The van der Waals surface area contributed by atoms with Gasteiger partial charge < -0.3 is 19.8 Å². The topological polar surface area (TPSA) is 136 Å². The van der Waals surface area contributed by atoms with E-state index in [0.717, 1.165) is 0 Å². The molecule has 4 heterocycles. The van der Waals surface area contributed by atoms with Gasteiger partial charge in [0.15, 0.2) is 39.0 Å². The van der Waals surface area contributed by atoms with Gasteiger partial charge >= 0.3 is 12.1 Å². The van der Waals surface area contributed by atoms with Crippen LogP contribution < -0.4 is 20.0 Å². The molecular formula is C12H16N6O6. The molecule has 0 aromatic rings. The molecule has 24 heavy (non-hydrogen) atoms. The molecule has 0 atom stereocenters. The van der Waals surface area contributed by atoms with Gasteiger partial charge in [-0.25, -0.2) is 9.59 Å². The molecule has 0 saturated carbocycles. The number of carboxylic acids is 2. The Morgan fingerprint density at radius 3 is 1.33 bits per heavy atom. The lowest BCUT2D eigenvalue weighted by atomic mass is 10.3. The maximum Gasteiger partial charge on any atom is 0.332 e. The van der Waals surface area contributed by atoms with E-state index in [-0.39, 0.29) is 51.8 Å². The normalized spacial score (nSPS) is 34.0. The van der Waals surface area contributed by atoms with Gasteiger partial charge in [-0.15, -0.1) is 0 Å². The predicted octanol–water partition coefficient (Wildman–Crippen LogP) is -7.76. The van der Waals surface area contributed by atoms with Gasteiger partial charge in [-0.05, 0) is 0 Å². The van der Waals surface area contributed by atoms with Gasteiger partial charge in [0.05, 0.1) is 11.9 Å². The molecular weight excluding hydrogens is 324 g/mol. The van der Waals surface area contributed by atoms with Gasteiger partial charge in [0.2, 0.25) is 0 Å². The van der Waals surface area contributed by atoms with E-state index < -0.39 is 24.3 Å². The fourth-order valence-electron chi connectivity index (χ4n) is 4.10. The Bertz CT molecular complexity index is 556. The van der Waals surface area contributed by atoms with Crippen LogP contribution in [0.5, 0.6) is 0 Å². The van der Waals surface area contributed by atoms with Crippen LogP contribution in [-0.2, 0) is 9.59 Å². The number of aliphatic carboxylic acids is 2. The van der Waals surface area contributed by atoms with Crippen LogP contribution in [0.1, 0.15) is 0 Å². The molecule has 12 nitrogen and oxygen atoms in total. The van der Waals surface area contributed by atoms with Gasteiger partial charge in [-0.1, -0.05) is 0 Å². The van der Waals surface area contributed by atoms with Crippen LogP contribution in [0.25, 0.3) is 0 Å². The summed E-state index contributed by atoms with van der Waals surface area (Å²) in [6, 6.07) is -0.641. The third-order valence-electron chi connectivity index (χ3n) is 4.89. The highest BCUT2D eigenvalue weighted by atomic mass is 16.4. The number of carboxylic acid groups (broad SMARTS) is 2. The monoisotopic (exact) mass is 340 g/mol. The van der Waals surface area contributed by atoms with E-state index in [1.165, 1.54) is 19.6 Å². The first-order valence-electron chi connectivity index (χ1n) is 7.58. The summed E-state index contributed by atoms with van der Waals surface area (Å²) in [5, 5.41) is 21.7. The van der Waals surface area contributed by atoms with Crippen LogP contribution in [0.4, 0.5) is 9.59 Å². The van der Waals surface area contributed by atoms with Crippen molar-refractivity contribution in [3.05, 3.63) is 0 Å². The first kappa shape index (κ1) is 15.0. The zero-order valence-corrected chi connectivity index (χ0v) is 12.6. The van der Waals surface area contributed by atoms with E-state index in [9.17, 15) is 29.4 Å². The maximum atomic E-state index is 12.6. The molecule has 2 N–H and O–H groups in total. The molecule has 4 rings (SSSR count). The molecule has 130 valence electrons. The number of quaternary nitrogens is 2. The number of hydrogen-bond donors (Lipinski definition) is 2. The van der Waals surface area contributed by atoms with Gasteiger partial charge in [0.1, 0.15) is 13.1 Å². The summed E-state index contributed by atoms with van der Waals surface area (Å²) in [5.41, 5.74) is 0. The third-order valence-corrected chi connectivity index (χ3v) is 4.89. The quantitative estimate of drug-likeness (QED) is 0.522. The van der Waals surface area contributed by atoms with E-state index >= 15 is 0 Å². The van der Waals surface area contributed by atoms with Crippen molar-refractivity contribution in [2.24, 2.45) is 0 Å². The Balaban J connectivity index is 1.62. The van der Waals surface area contributed by atoms with E-state index in [1.807, 2.05) is 0 Å². The average Bonchev–Trinajstić information content (AvgIpc) is 2.92. The van der Waals surface area contributed by atoms with Crippen LogP contribution in [0, 0.1) is 0 Å². The van der Waals surface area contributed by atoms with Crippen LogP contribution >= 0.6 is 0 Å². The second kappa shape index (κ2) is 4.95. The molecule has 4 saturated heterocycles. The van der Waals surface area contributed by atoms with Crippen LogP contribution in [0.3, 0.4) is 0 Å². The van der Waals surface area contributed by atoms with E-state index in [0.29, 0.717) is 9.80 Å². The number of hydrogen-bond acceptors (Lipinski definition) is 6. The van der Waals surface area contributed by atoms with E-state index in [1.54, 1.807) is 0 Å². The summed E-state index contributed by atoms with van der Waals surface area (Å²) in [6.45, 7) is 0.0612. The zero-order chi connectivity index (χ0) is 17.2. The molecule has 0 aromatic carbocycles. The average molecular weight is 340 g/mol. The number of rotatable bonds is 4. The minimum atomic E-state index is -1.25. The minimum Gasteiger partial charge on any atom is -0.544 e. The number of nitrogens with one attached hydrogen (secondary N) is 2. The Labute approximate surface area is 136 Å². The van der Waals surface area contributed by atoms with Crippen LogP contribution in [0.2, 0.25) is 0 Å². The predicted molar refractivity (Wildman–Crippen MR) is 66.9 cm³/mol. The summed E-state index contributed by atoms with van der Waals surface area (Å²) in [6.07, 6.45) is -0.917. The number of nitrogens with zero attached hydrogens (tertiary/aromatic N) is 4. The summed E-state index contributed by atoms with van der Waals surface area (Å²) >= 11 is 0. The molecule has 0 bridgehead atoms. The van der Waals surface area contributed by atoms with E-state index in [2.05, 4.69) is 0 Å². The molecule has 4 amide bonds. The van der Waals surface area contributed by atoms with Crippen molar-refractivity contribution < 1.29 is 39.2 Å². The van der Waals surface area contributed by atoms with E-state index in [4.69, 9.17) is 0 Å². The number of amides is 4. The molecule has 0 spiro atoms. The fraction of sp³-hybridized carbons (Fsp3) is 0.667. The molecule has 0 unspecified atom stereocenters. The highest BCUT2D eigenvalue weighted by Gasteiger charge is 2.65. The Kier molecular flexibility index (Phi) is 3.08. The second-order valence-electron chi connectivity index (χ2n) is 6.50. The van der Waals surface area contributed by atoms with Crippen LogP contribution in [0.15, 0.2) is 0 Å². The first-order valence-corrected chi connectivity index (χ1v) is 7.58. The Hall–Kier alpha value is -2.60. The lowest BCUT2D eigenvalue weighted by Crippen LogP contribution is -3.19. The molecule has 0 aliphatic carbocycles. The summed E-state index contributed by atoms with van der Waals surface area (Å²) in [4.78, 5) is 54.0. The molecule has 4 fully saturated rings. The highest BCUT2D eigenvalue weighted by molar-refractivity contribution is 5.85. The van der Waals surface area contributed by atoms with Crippen molar-refractivity contribution in [3.63, 3.8) is 0 Å². The van der Waals surface area contributed by atoms with Crippen molar-refractivity contribution >= 4 is 24.0 Å². The van der Waals surface area contributed by atoms with Gasteiger partial charge in [0, 0.05) is 0 Å². The zero-order valence-electron chi connectivity index (χ0n) is 12.6. The SMILES string of the molecule is O=C([O-])C[NH+]1CN2C(=O)N3C[NH+](CC(=O)[O-])CN4C(=O)N(C1)C2C34. The molecule has 4 aliphatic rings. The first-order chi connectivity index (χ1) is 11.4. The molecule has 0 radical (unpaired) electrons. The van der Waals surface area contributed by atoms with Crippen molar-refractivity contribution in [3.8, 4) is 0 Å². The maximum absolute atomic E-state index is 12.6. The minimum absolute atomic E-state index is 0.165. The Morgan fingerprint density at radius 2 is 1.08 bits per heavy atom. The third kappa shape index (κ3) is 1.99.